The van der Waals surface area contributed by atoms with Crippen LogP contribution in [0.15, 0.2) is 36.4 Å². The lowest BCUT2D eigenvalue weighted by Crippen LogP contribution is -2.20. The van der Waals surface area contributed by atoms with Crippen LogP contribution in [0, 0.1) is 18.2 Å². The topological polar surface area (TPSA) is 98.1 Å². The Bertz CT molecular complexity index is 1110. The van der Waals surface area contributed by atoms with Gasteiger partial charge in [0.1, 0.15) is 11.7 Å². The van der Waals surface area contributed by atoms with Gasteiger partial charge in [0, 0.05) is 5.56 Å². The summed E-state index contributed by atoms with van der Waals surface area (Å²) >= 11 is 1.34. The van der Waals surface area contributed by atoms with Crippen molar-refractivity contribution in [2.75, 3.05) is 5.32 Å². The lowest BCUT2D eigenvalue weighted by atomic mass is 9.97. The Morgan fingerprint density at radius 3 is 2.79 bits per heavy atom. The molecule has 1 aliphatic carbocycles. The average molecular weight is 410 g/mol. The van der Waals surface area contributed by atoms with E-state index in [4.69, 9.17) is 10.6 Å². The quantitative estimate of drug-likeness (QED) is 0.294. The molecule has 4 rings (SSSR count). The lowest BCUT2D eigenvalue weighted by Gasteiger charge is -2.12. The number of aryl methyl sites for hydroxylation is 2. The molecule has 1 amide bonds. The Labute approximate surface area is 170 Å². The normalized spacial score (nSPS) is 12.5. The number of fused-ring (bicyclic) bond motifs is 3. The highest BCUT2D eigenvalue weighted by molar-refractivity contribution is 7.19. The molecule has 0 fully saturated rings. The van der Waals surface area contributed by atoms with Gasteiger partial charge in [0.2, 0.25) is 0 Å². The number of hydrogen-bond donors (Lipinski definition) is 4. The largest absolute Gasteiger partial charge is 0.298 e. The van der Waals surface area contributed by atoms with E-state index in [1.807, 2.05) is 17.6 Å². The Morgan fingerprint density at radius 1 is 1.24 bits per heavy atom. The number of nitrogens with zero attached hydrogens (tertiary/aromatic N) is 1. The molecular weight excluding hydrogens is 391 g/mol. The van der Waals surface area contributed by atoms with Gasteiger partial charge in [-0.3, -0.25) is 26.2 Å². The summed E-state index contributed by atoms with van der Waals surface area (Å²) in [5.74, 6) is -1.14. The molecule has 2 aromatic carbocycles. The van der Waals surface area contributed by atoms with Crippen molar-refractivity contribution >= 4 is 28.2 Å². The van der Waals surface area contributed by atoms with Gasteiger partial charge in [-0.25, -0.2) is 9.37 Å². The summed E-state index contributed by atoms with van der Waals surface area (Å²) in [7, 11) is 0. The predicted molar refractivity (Wildman–Crippen MR) is 110 cm³/mol. The third-order valence-corrected chi connectivity index (χ3v) is 6.06. The molecule has 1 aromatic heterocycles. The first-order chi connectivity index (χ1) is 14.0. The minimum Gasteiger partial charge on any atom is -0.298 e. The SMILES string of the molecule is Cc1cccc(F)c1C(=O)Nc1nc2c(s1)-c1cccc(C(=N)NO)c1CCC2. The van der Waals surface area contributed by atoms with E-state index in [1.54, 1.807) is 25.1 Å². The number of carbonyl (C=O) groups is 1. The molecule has 1 aliphatic rings. The molecule has 0 aliphatic heterocycles. The van der Waals surface area contributed by atoms with E-state index >= 15 is 0 Å². The highest BCUT2D eigenvalue weighted by Gasteiger charge is 2.23. The van der Waals surface area contributed by atoms with Crippen LogP contribution >= 0.6 is 11.3 Å². The Hall–Kier alpha value is -3.10. The van der Waals surface area contributed by atoms with Gasteiger partial charge < -0.3 is 0 Å². The van der Waals surface area contributed by atoms with Gasteiger partial charge in [-0.05, 0) is 48.9 Å². The van der Waals surface area contributed by atoms with Gasteiger partial charge in [0.05, 0.1) is 16.1 Å². The number of aromatic nitrogens is 1. The zero-order valence-electron chi connectivity index (χ0n) is 15.7. The molecule has 3 aromatic rings. The van der Waals surface area contributed by atoms with Crippen molar-refractivity contribution in [3.8, 4) is 10.4 Å². The summed E-state index contributed by atoms with van der Waals surface area (Å²) in [6, 6.07) is 10.1. The molecule has 0 unspecified atom stereocenters. The van der Waals surface area contributed by atoms with Crippen LogP contribution < -0.4 is 10.8 Å². The zero-order chi connectivity index (χ0) is 20.5. The number of rotatable bonds is 3. The molecule has 0 atom stereocenters. The van der Waals surface area contributed by atoms with Crippen molar-refractivity contribution in [1.82, 2.24) is 10.5 Å². The fraction of sp³-hybridized carbons (Fsp3) is 0.190. The minimum absolute atomic E-state index is 0.0167. The van der Waals surface area contributed by atoms with Crippen LogP contribution in [-0.4, -0.2) is 21.9 Å². The number of amidine groups is 1. The van der Waals surface area contributed by atoms with Crippen LogP contribution in [0.5, 0.6) is 0 Å². The van der Waals surface area contributed by atoms with E-state index in [0.717, 1.165) is 41.0 Å². The van der Waals surface area contributed by atoms with Crippen LogP contribution in [0.25, 0.3) is 10.4 Å². The van der Waals surface area contributed by atoms with Crippen molar-refractivity contribution in [2.24, 2.45) is 0 Å². The van der Waals surface area contributed by atoms with Crippen molar-refractivity contribution in [1.29, 1.82) is 5.41 Å². The Balaban J connectivity index is 1.71. The Morgan fingerprint density at radius 2 is 2.03 bits per heavy atom. The van der Waals surface area contributed by atoms with Gasteiger partial charge in [-0.1, -0.05) is 41.7 Å². The highest BCUT2D eigenvalue weighted by atomic mass is 32.1. The van der Waals surface area contributed by atoms with Gasteiger partial charge in [-0.2, -0.15) is 0 Å². The second kappa shape index (κ2) is 7.73. The molecule has 0 spiro atoms. The Kier molecular flexibility index (Phi) is 5.12. The summed E-state index contributed by atoms with van der Waals surface area (Å²) < 4.78 is 14.1. The number of carbonyl (C=O) groups excluding carboxylic acids is 1. The van der Waals surface area contributed by atoms with Gasteiger partial charge in [0.25, 0.3) is 5.91 Å². The molecule has 1 heterocycles. The summed E-state index contributed by atoms with van der Waals surface area (Å²) in [6.45, 7) is 1.69. The van der Waals surface area contributed by atoms with Crippen LogP contribution in [0.4, 0.5) is 9.52 Å². The number of thiazole rings is 1. The molecule has 4 N–H and O–H groups in total. The van der Waals surface area contributed by atoms with Crippen molar-refractivity contribution in [3.05, 3.63) is 70.2 Å². The first-order valence-corrected chi connectivity index (χ1v) is 9.98. The predicted octanol–water partition coefficient (Wildman–Crippen LogP) is 4.30. The summed E-state index contributed by atoms with van der Waals surface area (Å²) in [5, 5.41) is 20.2. The van der Waals surface area contributed by atoms with E-state index in [2.05, 4.69) is 10.3 Å². The summed E-state index contributed by atoms with van der Waals surface area (Å²) in [4.78, 5) is 18.1. The van der Waals surface area contributed by atoms with Crippen molar-refractivity contribution < 1.29 is 14.4 Å². The maximum atomic E-state index is 14.1. The van der Waals surface area contributed by atoms with Crippen molar-refractivity contribution in [3.63, 3.8) is 0 Å². The summed E-state index contributed by atoms with van der Waals surface area (Å²) in [6.07, 6.45) is 2.32. The number of hydrogen-bond acceptors (Lipinski definition) is 5. The van der Waals surface area contributed by atoms with Crippen LogP contribution in [0.3, 0.4) is 0 Å². The lowest BCUT2D eigenvalue weighted by molar-refractivity contribution is 0.102. The molecule has 29 heavy (non-hydrogen) atoms. The number of hydroxylamine groups is 1. The van der Waals surface area contributed by atoms with E-state index in [0.29, 0.717) is 16.3 Å². The third-order valence-electron chi connectivity index (χ3n) is 5.01. The van der Waals surface area contributed by atoms with E-state index in [9.17, 15) is 9.18 Å². The first kappa shape index (κ1) is 19.2. The van der Waals surface area contributed by atoms with Gasteiger partial charge in [-0.15, -0.1) is 0 Å². The molecule has 6 nitrogen and oxygen atoms in total. The summed E-state index contributed by atoms with van der Waals surface area (Å²) in [5.41, 5.74) is 5.90. The monoisotopic (exact) mass is 410 g/mol. The number of anilines is 1. The standard InChI is InChI=1S/C21H19FN4O2S/c1-11-5-2-9-15(22)17(11)20(27)25-21-24-16-10-4-6-12-13(18(16)29-21)7-3-8-14(12)19(23)26-28/h2-3,5,7-9,28H,4,6,10H2,1H3,(H2,23,26)(H,24,25,27). The fourth-order valence-corrected chi connectivity index (χ4v) is 4.72. The van der Waals surface area contributed by atoms with E-state index < -0.39 is 11.7 Å². The number of amides is 1. The number of nitrogens with one attached hydrogen (secondary N) is 3. The second-order valence-electron chi connectivity index (χ2n) is 6.85. The third kappa shape index (κ3) is 3.52. The van der Waals surface area contributed by atoms with Gasteiger partial charge in [0.15, 0.2) is 5.13 Å². The zero-order valence-corrected chi connectivity index (χ0v) is 16.5. The molecule has 148 valence electrons. The van der Waals surface area contributed by atoms with E-state index in [-0.39, 0.29) is 11.4 Å². The van der Waals surface area contributed by atoms with E-state index in [1.165, 1.54) is 17.4 Å². The average Bonchev–Trinajstić information content (AvgIpc) is 3.01. The molecule has 0 radical (unpaired) electrons. The number of halogens is 1. The van der Waals surface area contributed by atoms with Gasteiger partial charge >= 0.3 is 0 Å². The van der Waals surface area contributed by atoms with Crippen molar-refractivity contribution in [2.45, 2.75) is 26.2 Å². The molecule has 0 bridgehead atoms. The number of benzene rings is 2. The maximum Gasteiger partial charge on any atom is 0.260 e. The molecule has 8 heteroatoms. The van der Waals surface area contributed by atoms with Crippen LogP contribution in [-0.2, 0) is 12.8 Å². The second-order valence-corrected chi connectivity index (χ2v) is 7.85. The highest BCUT2D eigenvalue weighted by Crippen LogP contribution is 2.40. The van der Waals surface area contributed by atoms with Crippen LogP contribution in [0.2, 0.25) is 0 Å². The minimum atomic E-state index is -0.564. The molecular formula is C21H19FN4O2S. The van der Waals surface area contributed by atoms with Crippen LogP contribution in [0.1, 0.15) is 39.2 Å². The molecule has 0 saturated carbocycles. The smallest absolute Gasteiger partial charge is 0.260 e. The first-order valence-electron chi connectivity index (χ1n) is 9.17. The fourth-order valence-electron chi connectivity index (χ4n) is 3.66. The molecule has 0 saturated heterocycles. The maximum absolute atomic E-state index is 14.1.